The molecule has 1 rings (SSSR count). The summed E-state index contributed by atoms with van der Waals surface area (Å²) in [6.45, 7) is -0.200. The van der Waals surface area contributed by atoms with E-state index in [0.717, 1.165) is 0 Å². The lowest BCUT2D eigenvalue weighted by Gasteiger charge is -2.05. The van der Waals surface area contributed by atoms with Crippen LogP contribution < -0.4 is 5.32 Å². The van der Waals surface area contributed by atoms with E-state index < -0.39 is 6.67 Å². The fourth-order valence-corrected chi connectivity index (χ4v) is 1.31. The molecule has 0 unspecified atom stereocenters. The fraction of sp³-hybridized carbons (Fsp3) is 0.250. The Hall–Kier alpha value is -0.640. The van der Waals surface area contributed by atoms with Gasteiger partial charge in [-0.3, -0.25) is 0 Å². The van der Waals surface area contributed by atoms with Crippen LogP contribution in [0.1, 0.15) is 0 Å². The van der Waals surface area contributed by atoms with Crippen molar-refractivity contribution in [1.82, 2.24) is 0 Å². The van der Waals surface area contributed by atoms with E-state index in [4.69, 9.17) is 0 Å². The van der Waals surface area contributed by atoms with E-state index in [-0.39, 0.29) is 12.4 Å². The standard InChI is InChI=1S/C8H8BrF2N/c9-7-5-6(11)1-2-8(7)12-4-3-10/h1-2,5,12H,3-4H2. The average molecular weight is 236 g/mol. The molecular formula is C8H8BrF2N. The zero-order valence-corrected chi connectivity index (χ0v) is 7.87. The second-order valence-electron chi connectivity index (χ2n) is 2.24. The number of alkyl halides is 1. The lowest BCUT2D eigenvalue weighted by atomic mass is 10.3. The van der Waals surface area contributed by atoms with E-state index in [0.29, 0.717) is 10.2 Å². The van der Waals surface area contributed by atoms with E-state index in [1.54, 1.807) is 6.07 Å². The van der Waals surface area contributed by atoms with E-state index in [1.807, 2.05) is 0 Å². The molecule has 0 saturated heterocycles. The summed E-state index contributed by atoms with van der Waals surface area (Å²) >= 11 is 3.15. The maximum Gasteiger partial charge on any atom is 0.124 e. The van der Waals surface area contributed by atoms with Gasteiger partial charge in [0, 0.05) is 16.7 Å². The van der Waals surface area contributed by atoms with Gasteiger partial charge in [0.1, 0.15) is 12.5 Å². The summed E-state index contributed by atoms with van der Waals surface area (Å²) in [5.74, 6) is -0.312. The van der Waals surface area contributed by atoms with Crippen LogP contribution in [0.15, 0.2) is 22.7 Å². The van der Waals surface area contributed by atoms with Crippen molar-refractivity contribution in [3.8, 4) is 0 Å². The summed E-state index contributed by atoms with van der Waals surface area (Å²) < 4.78 is 24.9. The molecule has 0 fully saturated rings. The van der Waals surface area contributed by atoms with Gasteiger partial charge in [0.05, 0.1) is 0 Å². The third kappa shape index (κ3) is 2.44. The van der Waals surface area contributed by atoms with Crippen LogP contribution >= 0.6 is 15.9 Å². The van der Waals surface area contributed by atoms with E-state index in [1.165, 1.54) is 12.1 Å². The van der Waals surface area contributed by atoms with Gasteiger partial charge in [0.25, 0.3) is 0 Å². The molecule has 1 aromatic rings. The molecule has 66 valence electrons. The Bertz CT molecular complexity index is 265. The van der Waals surface area contributed by atoms with Crippen LogP contribution in [0, 0.1) is 5.82 Å². The molecule has 0 aliphatic heterocycles. The molecule has 1 aromatic carbocycles. The second-order valence-corrected chi connectivity index (χ2v) is 3.09. The summed E-state index contributed by atoms with van der Waals surface area (Å²) in [6, 6.07) is 4.22. The molecule has 0 aromatic heterocycles. The average Bonchev–Trinajstić information content (AvgIpc) is 2.03. The Balaban J connectivity index is 2.72. The zero-order valence-electron chi connectivity index (χ0n) is 6.28. The third-order valence-electron chi connectivity index (χ3n) is 1.34. The van der Waals surface area contributed by atoms with Gasteiger partial charge in [0.15, 0.2) is 0 Å². The predicted molar refractivity (Wildman–Crippen MR) is 48.6 cm³/mol. The number of anilines is 1. The van der Waals surface area contributed by atoms with Crippen molar-refractivity contribution in [1.29, 1.82) is 0 Å². The molecule has 0 aliphatic rings. The molecule has 4 heteroatoms. The fourth-order valence-electron chi connectivity index (χ4n) is 0.815. The quantitative estimate of drug-likeness (QED) is 0.850. The molecule has 0 heterocycles. The first-order valence-corrected chi connectivity index (χ1v) is 4.28. The van der Waals surface area contributed by atoms with Crippen LogP contribution in [0.2, 0.25) is 0 Å². The first-order chi connectivity index (χ1) is 5.74. The van der Waals surface area contributed by atoms with Crippen molar-refractivity contribution in [2.24, 2.45) is 0 Å². The molecule has 0 aliphatic carbocycles. The summed E-state index contributed by atoms with van der Waals surface area (Å²) in [4.78, 5) is 0. The maximum atomic E-state index is 12.5. The normalized spacial score (nSPS) is 9.92. The second kappa shape index (κ2) is 4.40. The van der Waals surface area contributed by atoms with Gasteiger partial charge in [-0.25, -0.2) is 8.78 Å². The summed E-state index contributed by atoms with van der Waals surface area (Å²) in [6.07, 6.45) is 0. The summed E-state index contributed by atoms with van der Waals surface area (Å²) in [7, 11) is 0. The van der Waals surface area contributed by atoms with Crippen LogP contribution in [0.5, 0.6) is 0 Å². The Labute approximate surface area is 77.9 Å². The van der Waals surface area contributed by atoms with Gasteiger partial charge in [-0.1, -0.05) is 0 Å². The minimum atomic E-state index is -0.441. The third-order valence-corrected chi connectivity index (χ3v) is 2.00. The van der Waals surface area contributed by atoms with E-state index >= 15 is 0 Å². The van der Waals surface area contributed by atoms with Gasteiger partial charge >= 0.3 is 0 Å². The molecule has 0 spiro atoms. The number of hydrogen-bond acceptors (Lipinski definition) is 1. The van der Waals surface area contributed by atoms with E-state index in [2.05, 4.69) is 21.2 Å². The van der Waals surface area contributed by atoms with Gasteiger partial charge < -0.3 is 5.32 Å². The van der Waals surface area contributed by atoms with Crippen LogP contribution in [-0.2, 0) is 0 Å². The van der Waals surface area contributed by atoms with Crippen LogP contribution in [-0.4, -0.2) is 13.2 Å². The molecule has 12 heavy (non-hydrogen) atoms. The highest BCUT2D eigenvalue weighted by atomic mass is 79.9. The predicted octanol–water partition coefficient (Wildman–Crippen LogP) is 2.97. The summed E-state index contributed by atoms with van der Waals surface area (Å²) in [5, 5.41) is 2.80. The highest BCUT2D eigenvalue weighted by Crippen LogP contribution is 2.22. The zero-order chi connectivity index (χ0) is 8.97. The van der Waals surface area contributed by atoms with Crippen molar-refractivity contribution >= 4 is 21.6 Å². The number of halogens is 3. The van der Waals surface area contributed by atoms with Gasteiger partial charge in [0.2, 0.25) is 0 Å². The SMILES string of the molecule is FCCNc1ccc(F)cc1Br. The molecule has 0 saturated carbocycles. The van der Waals surface area contributed by atoms with Crippen molar-refractivity contribution in [2.75, 3.05) is 18.5 Å². The first kappa shape index (κ1) is 9.45. The molecule has 0 radical (unpaired) electrons. The van der Waals surface area contributed by atoms with Crippen LogP contribution in [0.3, 0.4) is 0 Å². The van der Waals surface area contributed by atoms with E-state index in [9.17, 15) is 8.78 Å². The van der Waals surface area contributed by atoms with Crippen molar-refractivity contribution < 1.29 is 8.78 Å². The van der Waals surface area contributed by atoms with Crippen LogP contribution in [0.4, 0.5) is 14.5 Å². The Morgan fingerprint density at radius 3 is 2.75 bits per heavy atom. The Morgan fingerprint density at radius 1 is 1.42 bits per heavy atom. The minimum Gasteiger partial charge on any atom is -0.382 e. The van der Waals surface area contributed by atoms with Gasteiger partial charge in [-0.15, -0.1) is 0 Å². The minimum absolute atomic E-state index is 0.240. The lowest BCUT2D eigenvalue weighted by Crippen LogP contribution is -2.03. The largest absolute Gasteiger partial charge is 0.382 e. The van der Waals surface area contributed by atoms with Crippen molar-refractivity contribution in [3.63, 3.8) is 0 Å². The van der Waals surface area contributed by atoms with Crippen LogP contribution in [0.25, 0.3) is 0 Å². The molecule has 0 atom stereocenters. The lowest BCUT2D eigenvalue weighted by molar-refractivity contribution is 0.512. The van der Waals surface area contributed by atoms with Gasteiger partial charge in [-0.05, 0) is 34.1 Å². The Kier molecular flexibility index (Phi) is 3.47. The Morgan fingerprint density at radius 2 is 2.17 bits per heavy atom. The molecular weight excluding hydrogens is 228 g/mol. The molecule has 1 nitrogen and oxygen atoms in total. The highest BCUT2D eigenvalue weighted by Gasteiger charge is 1.99. The van der Waals surface area contributed by atoms with Crippen molar-refractivity contribution in [2.45, 2.75) is 0 Å². The van der Waals surface area contributed by atoms with Gasteiger partial charge in [-0.2, -0.15) is 0 Å². The maximum absolute atomic E-state index is 12.5. The number of benzene rings is 1. The monoisotopic (exact) mass is 235 g/mol. The number of rotatable bonds is 3. The topological polar surface area (TPSA) is 12.0 Å². The molecule has 0 bridgehead atoms. The molecule has 1 N–H and O–H groups in total. The molecule has 0 amide bonds. The number of nitrogens with one attached hydrogen (secondary N) is 1. The smallest absolute Gasteiger partial charge is 0.124 e. The number of hydrogen-bond donors (Lipinski definition) is 1. The first-order valence-electron chi connectivity index (χ1n) is 3.49. The van der Waals surface area contributed by atoms with Crippen molar-refractivity contribution in [3.05, 3.63) is 28.5 Å². The summed E-state index contributed by atoms with van der Waals surface area (Å²) in [5.41, 5.74) is 0.703. The highest BCUT2D eigenvalue weighted by molar-refractivity contribution is 9.10.